The van der Waals surface area contributed by atoms with Crippen LogP contribution in [0.25, 0.3) is 0 Å². The van der Waals surface area contributed by atoms with Crippen LogP contribution < -0.4 is 4.74 Å². The van der Waals surface area contributed by atoms with Gasteiger partial charge in [0, 0.05) is 36.3 Å². The first-order valence-corrected chi connectivity index (χ1v) is 6.67. The van der Waals surface area contributed by atoms with Gasteiger partial charge >= 0.3 is 0 Å². The average Bonchev–Trinajstić information content (AvgIpc) is 2.81. The molecule has 1 heterocycles. The molecule has 0 bridgehead atoms. The Hall–Kier alpha value is -1.89. The molecule has 100 valence electrons. The van der Waals surface area contributed by atoms with Crippen LogP contribution in [0, 0.1) is 10.1 Å². The van der Waals surface area contributed by atoms with Crippen molar-refractivity contribution in [3.05, 3.63) is 51.8 Å². The number of benzene rings is 1. The Morgan fingerprint density at radius 3 is 2.84 bits per heavy atom. The third-order valence-corrected chi connectivity index (χ3v) is 3.15. The van der Waals surface area contributed by atoms with Gasteiger partial charge in [-0.2, -0.15) is 5.10 Å². The summed E-state index contributed by atoms with van der Waals surface area (Å²) in [6, 6.07) is 6.40. The Bertz CT molecular complexity index is 598. The number of ether oxygens (including phenoxy) is 1. The molecule has 0 aliphatic heterocycles. The van der Waals surface area contributed by atoms with Crippen LogP contribution in [0.1, 0.15) is 11.3 Å². The molecule has 1 aromatic carbocycles. The van der Waals surface area contributed by atoms with Gasteiger partial charge in [-0.05, 0) is 12.1 Å². The van der Waals surface area contributed by atoms with Gasteiger partial charge in [-0.25, -0.2) is 0 Å². The molecule has 0 aliphatic rings. The summed E-state index contributed by atoms with van der Waals surface area (Å²) in [6.07, 6.45) is 1.83. The van der Waals surface area contributed by atoms with Crippen LogP contribution in [0.3, 0.4) is 0 Å². The van der Waals surface area contributed by atoms with Crippen molar-refractivity contribution < 1.29 is 9.66 Å². The van der Waals surface area contributed by atoms with E-state index in [1.807, 2.05) is 19.3 Å². The lowest BCUT2D eigenvalue weighted by Crippen LogP contribution is -2.00. The van der Waals surface area contributed by atoms with Crippen LogP contribution in [0.4, 0.5) is 5.69 Å². The highest BCUT2D eigenvalue weighted by Crippen LogP contribution is 2.26. The van der Waals surface area contributed by atoms with Gasteiger partial charge in [0.1, 0.15) is 12.4 Å². The number of aryl methyl sites for hydroxylation is 1. The molecule has 0 amide bonds. The van der Waals surface area contributed by atoms with E-state index in [0.29, 0.717) is 17.7 Å². The molecule has 0 radical (unpaired) electrons. The standard InChI is InChI=1S/C12H12BrN3O3/c1-15-5-4-10(14-15)8-19-12-3-2-11(16(17)18)6-9(12)7-13/h2-6H,7-8H2,1H3. The van der Waals surface area contributed by atoms with Crippen LogP contribution in [0.2, 0.25) is 0 Å². The van der Waals surface area contributed by atoms with E-state index in [0.717, 1.165) is 11.3 Å². The topological polar surface area (TPSA) is 70.2 Å². The number of hydrogen-bond acceptors (Lipinski definition) is 4. The van der Waals surface area contributed by atoms with Crippen molar-refractivity contribution in [1.29, 1.82) is 0 Å². The lowest BCUT2D eigenvalue weighted by Gasteiger charge is -2.08. The number of nitro benzene ring substituents is 1. The Balaban J connectivity index is 2.13. The average molecular weight is 326 g/mol. The summed E-state index contributed by atoms with van der Waals surface area (Å²) in [7, 11) is 1.83. The Labute approximate surface area is 118 Å². The molecule has 19 heavy (non-hydrogen) atoms. The SMILES string of the molecule is Cn1ccc(COc2ccc([N+](=O)[O-])cc2CBr)n1. The molecule has 2 aromatic rings. The predicted molar refractivity (Wildman–Crippen MR) is 73.3 cm³/mol. The molecule has 6 nitrogen and oxygen atoms in total. The zero-order valence-corrected chi connectivity index (χ0v) is 11.8. The molecule has 0 saturated heterocycles. The fraction of sp³-hybridized carbons (Fsp3) is 0.250. The number of rotatable bonds is 5. The number of halogens is 1. The lowest BCUT2D eigenvalue weighted by atomic mass is 10.2. The molecule has 0 spiro atoms. The van der Waals surface area contributed by atoms with Crippen LogP contribution in [0.15, 0.2) is 30.5 Å². The maximum atomic E-state index is 10.7. The minimum absolute atomic E-state index is 0.0552. The number of nitrogens with zero attached hydrogens (tertiary/aromatic N) is 3. The minimum Gasteiger partial charge on any atom is -0.487 e. The number of aromatic nitrogens is 2. The number of nitro groups is 1. The third-order valence-electron chi connectivity index (χ3n) is 2.54. The number of alkyl halides is 1. The second-order valence-corrected chi connectivity index (χ2v) is 4.51. The number of non-ortho nitro benzene ring substituents is 1. The first-order valence-electron chi connectivity index (χ1n) is 5.54. The van der Waals surface area contributed by atoms with Gasteiger partial charge in [0.05, 0.1) is 10.6 Å². The molecule has 2 rings (SSSR count). The minimum atomic E-state index is -0.422. The van der Waals surface area contributed by atoms with Crippen LogP contribution in [0.5, 0.6) is 5.75 Å². The fourth-order valence-corrected chi connectivity index (χ4v) is 2.05. The summed E-state index contributed by atoms with van der Waals surface area (Å²) in [4.78, 5) is 10.3. The molecule has 1 aromatic heterocycles. The molecule has 0 unspecified atom stereocenters. The third kappa shape index (κ3) is 3.31. The molecule has 0 aliphatic carbocycles. The van der Waals surface area contributed by atoms with Crippen molar-refractivity contribution >= 4 is 21.6 Å². The van der Waals surface area contributed by atoms with Crippen molar-refractivity contribution in [1.82, 2.24) is 9.78 Å². The largest absolute Gasteiger partial charge is 0.487 e. The Morgan fingerprint density at radius 2 is 2.26 bits per heavy atom. The monoisotopic (exact) mass is 325 g/mol. The zero-order valence-electron chi connectivity index (χ0n) is 10.2. The molecular formula is C12H12BrN3O3. The van der Waals surface area contributed by atoms with Crippen molar-refractivity contribution in [2.24, 2.45) is 7.05 Å². The van der Waals surface area contributed by atoms with E-state index in [4.69, 9.17) is 4.74 Å². The van der Waals surface area contributed by atoms with E-state index in [9.17, 15) is 10.1 Å². The fourth-order valence-electron chi connectivity index (χ4n) is 1.62. The van der Waals surface area contributed by atoms with E-state index in [1.54, 1.807) is 10.7 Å². The normalized spacial score (nSPS) is 10.4. The highest BCUT2D eigenvalue weighted by Gasteiger charge is 2.11. The van der Waals surface area contributed by atoms with Crippen LogP contribution in [-0.4, -0.2) is 14.7 Å². The van der Waals surface area contributed by atoms with Crippen LogP contribution >= 0.6 is 15.9 Å². The van der Waals surface area contributed by atoms with Gasteiger partial charge in [0.2, 0.25) is 0 Å². The molecule has 7 heteroatoms. The van der Waals surface area contributed by atoms with E-state index in [1.165, 1.54) is 12.1 Å². The molecule has 0 N–H and O–H groups in total. The van der Waals surface area contributed by atoms with E-state index >= 15 is 0 Å². The summed E-state index contributed by atoms with van der Waals surface area (Å²) < 4.78 is 7.33. The summed E-state index contributed by atoms with van der Waals surface area (Å²) in [5.74, 6) is 0.619. The van der Waals surface area contributed by atoms with Gasteiger partial charge in [-0.1, -0.05) is 15.9 Å². The molecule has 0 saturated carbocycles. The summed E-state index contributed by atoms with van der Waals surface area (Å²) >= 11 is 3.30. The summed E-state index contributed by atoms with van der Waals surface area (Å²) in [6.45, 7) is 0.332. The van der Waals surface area contributed by atoms with Gasteiger partial charge in [0.25, 0.3) is 5.69 Å². The first kappa shape index (κ1) is 13.5. The van der Waals surface area contributed by atoms with E-state index < -0.39 is 4.92 Å². The van der Waals surface area contributed by atoms with E-state index in [2.05, 4.69) is 21.0 Å². The van der Waals surface area contributed by atoms with E-state index in [-0.39, 0.29) is 5.69 Å². The maximum Gasteiger partial charge on any atom is 0.270 e. The van der Waals surface area contributed by atoms with Gasteiger partial charge in [-0.15, -0.1) is 0 Å². The van der Waals surface area contributed by atoms with Crippen LogP contribution in [-0.2, 0) is 19.0 Å². The maximum absolute atomic E-state index is 10.7. The second kappa shape index (κ2) is 5.83. The van der Waals surface area contributed by atoms with Gasteiger partial charge in [-0.3, -0.25) is 14.8 Å². The molecular weight excluding hydrogens is 314 g/mol. The summed E-state index contributed by atoms with van der Waals surface area (Å²) in [5.41, 5.74) is 1.60. The first-order chi connectivity index (χ1) is 9.10. The van der Waals surface area contributed by atoms with Gasteiger partial charge < -0.3 is 4.74 Å². The smallest absolute Gasteiger partial charge is 0.270 e. The number of hydrogen-bond donors (Lipinski definition) is 0. The Morgan fingerprint density at radius 1 is 1.47 bits per heavy atom. The van der Waals surface area contributed by atoms with Crippen molar-refractivity contribution in [3.8, 4) is 5.75 Å². The summed E-state index contributed by atoms with van der Waals surface area (Å²) in [5, 5.41) is 15.4. The van der Waals surface area contributed by atoms with Gasteiger partial charge in [0.15, 0.2) is 0 Å². The van der Waals surface area contributed by atoms with Crippen molar-refractivity contribution in [2.75, 3.05) is 0 Å². The highest BCUT2D eigenvalue weighted by atomic mass is 79.9. The molecule has 0 fully saturated rings. The quantitative estimate of drug-likeness (QED) is 0.481. The lowest BCUT2D eigenvalue weighted by molar-refractivity contribution is -0.384. The zero-order chi connectivity index (χ0) is 13.8. The molecule has 0 atom stereocenters. The van der Waals surface area contributed by atoms with Crippen molar-refractivity contribution in [3.63, 3.8) is 0 Å². The highest BCUT2D eigenvalue weighted by molar-refractivity contribution is 9.08. The predicted octanol–water partition coefficient (Wildman–Crippen LogP) is 2.80. The Kier molecular flexibility index (Phi) is 4.16. The second-order valence-electron chi connectivity index (χ2n) is 3.95. The van der Waals surface area contributed by atoms with Crippen molar-refractivity contribution in [2.45, 2.75) is 11.9 Å².